The zero-order chi connectivity index (χ0) is 15.5. The Bertz CT molecular complexity index is 603. The Morgan fingerprint density at radius 3 is 3.00 bits per heavy atom. The average molecular weight is 304 g/mol. The van der Waals surface area contributed by atoms with Gasteiger partial charge in [0.05, 0.1) is 6.54 Å². The van der Waals surface area contributed by atoms with Crippen LogP contribution in [0, 0.1) is 6.92 Å². The number of nitrogens with zero attached hydrogens (tertiary/aromatic N) is 3. The molecule has 0 aromatic carbocycles. The van der Waals surface area contributed by atoms with Crippen molar-refractivity contribution in [1.29, 1.82) is 0 Å². The number of rotatable bonds is 5. The van der Waals surface area contributed by atoms with Crippen molar-refractivity contribution in [3.63, 3.8) is 0 Å². The lowest BCUT2D eigenvalue weighted by Gasteiger charge is -2.12. The summed E-state index contributed by atoms with van der Waals surface area (Å²) in [6.07, 6.45) is 3.42. The van der Waals surface area contributed by atoms with Crippen molar-refractivity contribution >= 4 is 12.0 Å². The summed E-state index contributed by atoms with van der Waals surface area (Å²) in [4.78, 5) is 33.5. The van der Waals surface area contributed by atoms with Crippen LogP contribution in [0.15, 0.2) is 0 Å². The highest BCUT2D eigenvalue weighted by molar-refractivity contribution is 5.82. The van der Waals surface area contributed by atoms with Gasteiger partial charge < -0.3 is 10.1 Å². The average Bonchev–Trinajstić information content (AvgIpc) is 3.09. The first-order valence-corrected chi connectivity index (χ1v) is 7.67. The molecule has 0 radical (unpaired) electrons. The summed E-state index contributed by atoms with van der Waals surface area (Å²) in [5, 5.41) is 2.80. The first kappa shape index (κ1) is 14.7. The molecule has 118 valence electrons. The van der Waals surface area contributed by atoms with E-state index in [4.69, 9.17) is 4.74 Å². The maximum atomic E-state index is 11.8. The summed E-state index contributed by atoms with van der Waals surface area (Å²) >= 11 is 0. The van der Waals surface area contributed by atoms with Crippen molar-refractivity contribution in [2.24, 2.45) is 0 Å². The minimum absolute atomic E-state index is 0.0445. The van der Waals surface area contributed by atoms with E-state index in [9.17, 15) is 9.59 Å². The van der Waals surface area contributed by atoms with Crippen LogP contribution in [0.5, 0.6) is 0 Å². The van der Waals surface area contributed by atoms with E-state index in [1.54, 1.807) is 0 Å². The predicted molar refractivity (Wildman–Crippen MR) is 78.4 cm³/mol. The lowest BCUT2D eigenvalue weighted by molar-refractivity contribution is -0.121. The summed E-state index contributed by atoms with van der Waals surface area (Å²) in [6, 6.07) is 0. The monoisotopic (exact) mass is 304 g/mol. The molecular formula is C15H20N4O3. The van der Waals surface area contributed by atoms with Crippen LogP contribution in [0.25, 0.3) is 0 Å². The minimum atomic E-state index is -0.423. The van der Waals surface area contributed by atoms with Gasteiger partial charge in [-0.15, -0.1) is 0 Å². The van der Waals surface area contributed by atoms with Gasteiger partial charge in [-0.1, -0.05) is 0 Å². The molecule has 0 atom stereocenters. The quantitative estimate of drug-likeness (QED) is 0.850. The first-order chi connectivity index (χ1) is 10.6. The van der Waals surface area contributed by atoms with Crippen LogP contribution in [0.2, 0.25) is 0 Å². The number of ether oxygens (including phenoxy) is 1. The fourth-order valence-corrected chi connectivity index (χ4v) is 2.91. The van der Waals surface area contributed by atoms with Crippen LogP contribution in [0.3, 0.4) is 0 Å². The van der Waals surface area contributed by atoms with E-state index in [0.717, 1.165) is 36.5 Å². The molecule has 1 aliphatic heterocycles. The van der Waals surface area contributed by atoms with Crippen LogP contribution in [-0.4, -0.2) is 53.1 Å². The number of amides is 2. The maximum absolute atomic E-state index is 11.8. The fraction of sp³-hybridized carbons (Fsp3) is 0.600. The Balaban J connectivity index is 1.48. The number of hydrogen-bond acceptors (Lipinski definition) is 5. The molecular weight excluding hydrogens is 284 g/mol. The van der Waals surface area contributed by atoms with Gasteiger partial charge in [0.1, 0.15) is 19.0 Å². The minimum Gasteiger partial charge on any atom is -0.448 e. The van der Waals surface area contributed by atoms with E-state index < -0.39 is 6.09 Å². The van der Waals surface area contributed by atoms with E-state index in [1.807, 2.05) is 6.92 Å². The van der Waals surface area contributed by atoms with Gasteiger partial charge >= 0.3 is 6.09 Å². The molecule has 1 fully saturated rings. The third-order valence-corrected chi connectivity index (χ3v) is 4.04. The number of aromatic nitrogens is 2. The van der Waals surface area contributed by atoms with Gasteiger partial charge in [-0.25, -0.2) is 14.8 Å². The molecule has 0 spiro atoms. The van der Waals surface area contributed by atoms with Gasteiger partial charge in [0.15, 0.2) is 0 Å². The van der Waals surface area contributed by atoms with Crippen LogP contribution in [-0.2, 0) is 28.8 Å². The van der Waals surface area contributed by atoms with Crippen molar-refractivity contribution in [3.05, 3.63) is 22.8 Å². The molecule has 0 saturated carbocycles. The highest BCUT2D eigenvalue weighted by Crippen LogP contribution is 2.22. The van der Waals surface area contributed by atoms with Crippen LogP contribution < -0.4 is 5.32 Å². The van der Waals surface area contributed by atoms with Crippen molar-refractivity contribution in [2.45, 2.75) is 32.6 Å². The smallest absolute Gasteiger partial charge is 0.410 e. The van der Waals surface area contributed by atoms with E-state index in [0.29, 0.717) is 26.1 Å². The lowest BCUT2D eigenvalue weighted by atomic mass is 10.2. The number of hydrogen-bond donors (Lipinski definition) is 1. The number of nitrogens with one attached hydrogen (secondary N) is 1. The largest absolute Gasteiger partial charge is 0.448 e. The molecule has 1 aromatic rings. The fourth-order valence-electron chi connectivity index (χ4n) is 2.91. The zero-order valence-electron chi connectivity index (χ0n) is 12.7. The normalized spacial score (nSPS) is 16.6. The Morgan fingerprint density at radius 2 is 2.23 bits per heavy atom. The Labute approximate surface area is 129 Å². The Kier molecular flexibility index (Phi) is 4.22. The molecule has 7 nitrogen and oxygen atoms in total. The predicted octanol–water partition coefficient (Wildman–Crippen LogP) is 0.385. The molecule has 3 rings (SSSR count). The molecule has 0 bridgehead atoms. The maximum Gasteiger partial charge on any atom is 0.410 e. The molecule has 2 amide bonds. The molecule has 1 aliphatic carbocycles. The van der Waals surface area contributed by atoms with Gasteiger partial charge in [0, 0.05) is 24.4 Å². The summed E-state index contributed by atoms with van der Waals surface area (Å²) in [5.74, 6) is 0.593. The van der Waals surface area contributed by atoms with Gasteiger partial charge in [-0.2, -0.15) is 0 Å². The van der Waals surface area contributed by atoms with E-state index in [2.05, 4.69) is 15.3 Å². The molecule has 1 aromatic heterocycles. The topological polar surface area (TPSA) is 84.4 Å². The first-order valence-electron chi connectivity index (χ1n) is 7.67. The standard InChI is InChI=1S/C15H20N4O3/c1-10-11-3-2-4-12(11)18-13(17-10)5-6-16-14(20)9-19-7-8-22-15(19)21/h2-9H2,1H3,(H,16,20). The van der Waals surface area contributed by atoms with Gasteiger partial charge in [0.2, 0.25) is 5.91 Å². The number of aryl methyl sites for hydroxylation is 2. The molecule has 2 aliphatic rings. The van der Waals surface area contributed by atoms with E-state index in [-0.39, 0.29) is 12.5 Å². The van der Waals surface area contributed by atoms with Crippen LogP contribution >= 0.6 is 0 Å². The molecule has 0 unspecified atom stereocenters. The van der Waals surface area contributed by atoms with E-state index >= 15 is 0 Å². The SMILES string of the molecule is Cc1nc(CCNC(=O)CN2CCOC2=O)nc2c1CCC2. The van der Waals surface area contributed by atoms with Crippen molar-refractivity contribution in [1.82, 2.24) is 20.2 Å². The third-order valence-electron chi connectivity index (χ3n) is 4.04. The third kappa shape index (κ3) is 3.18. The summed E-state index contributed by atoms with van der Waals surface area (Å²) < 4.78 is 4.78. The number of carbonyl (C=O) groups excluding carboxylic acids is 2. The highest BCUT2D eigenvalue weighted by atomic mass is 16.6. The summed E-state index contributed by atoms with van der Waals surface area (Å²) in [6.45, 7) is 3.36. The number of carbonyl (C=O) groups is 2. The van der Waals surface area contributed by atoms with Crippen molar-refractivity contribution in [2.75, 3.05) is 26.2 Å². The van der Waals surface area contributed by atoms with Crippen molar-refractivity contribution < 1.29 is 14.3 Å². The van der Waals surface area contributed by atoms with Crippen molar-refractivity contribution in [3.8, 4) is 0 Å². The van der Waals surface area contributed by atoms with Gasteiger partial charge in [-0.05, 0) is 31.7 Å². The Hall–Kier alpha value is -2.18. The molecule has 7 heteroatoms. The highest BCUT2D eigenvalue weighted by Gasteiger charge is 2.24. The van der Waals surface area contributed by atoms with Crippen LogP contribution in [0.4, 0.5) is 4.79 Å². The van der Waals surface area contributed by atoms with Crippen LogP contribution in [0.1, 0.15) is 29.2 Å². The molecule has 22 heavy (non-hydrogen) atoms. The second-order valence-electron chi connectivity index (χ2n) is 5.64. The molecule has 2 heterocycles. The second kappa shape index (κ2) is 6.29. The Morgan fingerprint density at radius 1 is 1.36 bits per heavy atom. The number of cyclic esters (lactones) is 1. The molecule has 1 saturated heterocycles. The lowest BCUT2D eigenvalue weighted by Crippen LogP contribution is -2.38. The molecule has 1 N–H and O–H groups in total. The zero-order valence-corrected chi connectivity index (χ0v) is 12.7. The number of fused-ring (bicyclic) bond motifs is 1. The summed E-state index contributed by atoms with van der Waals surface area (Å²) in [5.41, 5.74) is 3.51. The van der Waals surface area contributed by atoms with Gasteiger partial charge in [-0.3, -0.25) is 9.69 Å². The summed E-state index contributed by atoms with van der Waals surface area (Å²) in [7, 11) is 0. The van der Waals surface area contributed by atoms with Gasteiger partial charge in [0.25, 0.3) is 0 Å². The van der Waals surface area contributed by atoms with E-state index in [1.165, 1.54) is 10.5 Å². The second-order valence-corrected chi connectivity index (χ2v) is 5.64.